The molecular weight excluding hydrogens is 354 g/mol. The average Bonchev–Trinajstić information content (AvgIpc) is 3.30. The van der Waals surface area contributed by atoms with Crippen molar-refractivity contribution in [2.45, 2.75) is 0 Å². The van der Waals surface area contributed by atoms with E-state index in [-0.39, 0.29) is 0 Å². The van der Waals surface area contributed by atoms with Crippen molar-refractivity contribution >= 4 is 49.5 Å². The van der Waals surface area contributed by atoms with Crippen molar-refractivity contribution in [3.8, 4) is 11.1 Å². The van der Waals surface area contributed by atoms with Crippen LogP contribution in [0, 0.1) is 0 Å². The van der Waals surface area contributed by atoms with Crippen LogP contribution >= 0.6 is 0 Å². The normalized spacial score (nSPS) is 11.8. The van der Waals surface area contributed by atoms with Crippen LogP contribution in [0.4, 0.5) is 11.4 Å². The SMILES string of the molecule is CNc1ccccc1-c1cc2c3ccccc3n3c4ccccc4c(c1NC)c23. The molecule has 2 aromatic heterocycles. The van der Waals surface area contributed by atoms with Gasteiger partial charge in [-0.15, -0.1) is 0 Å². The zero-order valence-electron chi connectivity index (χ0n) is 16.5. The zero-order chi connectivity index (χ0) is 19.5. The minimum atomic E-state index is 1.13. The Labute approximate surface area is 168 Å². The lowest BCUT2D eigenvalue weighted by Crippen LogP contribution is -1.97. The molecule has 2 N–H and O–H groups in total. The van der Waals surface area contributed by atoms with Crippen molar-refractivity contribution < 1.29 is 0 Å². The Hall–Kier alpha value is -3.72. The molecule has 3 nitrogen and oxygen atoms in total. The molecular formula is C26H21N3. The lowest BCUT2D eigenvalue weighted by Gasteiger charge is -2.15. The van der Waals surface area contributed by atoms with Gasteiger partial charge in [0.2, 0.25) is 0 Å². The molecule has 0 unspecified atom stereocenters. The van der Waals surface area contributed by atoms with Crippen molar-refractivity contribution in [2.75, 3.05) is 24.7 Å². The van der Waals surface area contributed by atoms with Crippen molar-refractivity contribution in [3.05, 3.63) is 78.9 Å². The standard InChI is InChI=1S/C26H21N3/c1-27-21-12-6-3-9-16(21)19-15-20-17-10-4-7-13-22(17)29-23-14-8-5-11-18(23)24(26(20)29)25(19)28-2/h3-15,27-28H,1-2H3. The summed E-state index contributed by atoms with van der Waals surface area (Å²) in [5.41, 5.74) is 8.54. The largest absolute Gasteiger partial charge is 0.388 e. The van der Waals surface area contributed by atoms with Gasteiger partial charge in [0.15, 0.2) is 0 Å². The molecule has 4 aromatic carbocycles. The highest BCUT2D eigenvalue weighted by atomic mass is 14.9. The maximum atomic E-state index is 3.53. The lowest BCUT2D eigenvalue weighted by molar-refractivity contribution is 1.37. The Bertz CT molecular complexity index is 1520. The van der Waals surface area contributed by atoms with Gasteiger partial charge in [-0.2, -0.15) is 0 Å². The first kappa shape index (κ1) is 16.3. The Morgan fingerprint density at radius 3 is 2.03 bits per heavy atom. The molecule has 140 valence electrons. The fraction of sp³-hybridized carbons (Fsp3) is 0.0769. The maximum Gasteiger partial charge on any atom is 0.0641 e. The highest BCUT2D eigenvalue weighted by Crippen LogP contribution is 2.47. The number of fused-ring (bicyclic) bond motifs is 6. The molecule has 0 bridgehead atoms. The Morgan fingerprint density at radius 1 is 0.621 bits per heavy atom. The number of hydrogen-bond acceptors (Lipinski definition) is 2. The fourth-order valence-electron chi connectivity index (χ4n) is 4.93. The molecule has 0 aliphatic rings. The smallest absolute Gasteiger partial charge is 0.0641 e. The third-order valence-electron chi connectivity index (χ3n) is 6.11. The minimum absolute atomic E-state index is 1.13. The third kappa shape index (κ3) is 2.02. The van der Waals surface area contributed by atoms with E-state index < -0.39 is 0 Å². The summed E-state index contributed by atoms with van der Waals surface area (Å²) in [6.07, 6.45) is 0. The van der Waals surface area contributed by atoms with Gasteiger partial charge in [-0.05, 0) is 24.3 Å². The summed E-state index contributed by atoms with van der Waals surface area (Å²) in [5, 5.41) is 12.1. The van der Waals surface area contributed by atoms with E-state index >= 15 is 0 Å². The fourth-order valence-corrected chi connectivity index (χ4v) is 4.93. The number of nitrogens with zero attached hydrogens (tertiary/aromatic N) is 1. The van der Waals surface area contributed by atoms with Gasteiger partial charge in [-0.25, -0.2) is 0 Å². The van der Waals surface area contributed by atoms with Crippen LogP contribution in [0.3, 0.4) is 0 Å². The molecule has 0 saturated carbocycles. The van der Waals surface area contributed by atoms with E-state index in [9.17, 15) is 0 Å². The first-order valence-corrected chi connectivity index (χ1v) is 9.98. The van der Waals surface area contributed by atoms with Crippen molar-refractivity contribution in [1.29, 1.82) is 0 Å². The number of para-hydroxylation sites is 3. The van der Waals surface area contributed by atoms with Gasteiger partial charge < -0.3 is 15.0 Å². The molecule has 0 aliphatic carbocycles. The Kier molecular flexibility index (Phi) is 3.30. The number of anilines is 2. The second kappa shape index (κ2) is 5.89. The van der Waals surface area contributed by atoms with E-state index in [1.165, 1.54) is 54.9 Å². The molecule has 3 heteroatoms. The minimum Gasteiger partial charge on any atom is -0.388 e. The predicted molar refractivity (Wildman–Crippen MR) is 126 cm³/mol. The molecule has 29 heavy (non-hydrogen) atoms. The zero-order valence-corrected chi connectivity index (χ0v) is 16.5. The molecule has 0 amide bonds. The molecule has 2 heterocycles. The van der Waals surface area contributed by atoms with Gasteiger partial charge in [-0.3, -0.25) is 0 Å². The molecule has 6 rings (SSSR count). The van der Waals surface area contributed by atoms with E-state index in [0.29, 0.717) is 0 Å². The van der Waals surface area contributed by atoms with E-state index in [1.54, 1.807) is 0 Å². The van der Waals surface area contributed by atoms with Crippen LogP contribution in [0.25, 0.3) is 49.2 Å². The Balaban J connectivity index is 1.93. The quantitative estimate of drug-likeness (QED) is 0.365. The van der Waals surface area contributed by atoms with E-state index in [0.717, 1.165) is 5.69 Å². The molecule has 0 spiro atoms. The highest BCUT2D eigenvalue weighted by molar-refractivity contribution is 6.29. The monoisotopic (exact) mass is 375 g/mol. The number of benzene rings is 4. The van der Waals surface area contributed by atoms with Gasteiger partial charge in [0.25, 0.3) is 0 Å². The predicted octanol–water partition coefficient (Wildman–Crippen LogP) is 6.59. The average molecular weight is 375 g/mol. The van der Waals surface area contributed by atoms with Crippen LogP contribution < -0.4 is 10.6 Å². The maximum absolute atomic E-state index is 3.53. The van der Waals surface area contributed by atoms with Crippen LogP contribution in [0.2, 0.25) is 0 Å². The molecule has 0 fully saturated rings. The number of rotatable bonds is 3. The van der Waals surface area contributed by atoms with Gasteiger partial charge in [0.05, 0.1) is 22.2 Å². The topological polar surface area (TPSA) is 28.5 Å². The number of aromatic nitrogens is 1. The van der Waals surface area contributed by atoms with Crippen molar-refractivity contribution in [3.63, 3.8) is 0 Å². The second-order valence-electron chi connectivity index (χ2n) is 7.49. The van der Waals surface area contributed by atoms with Crippen molar-refractivity contribution in [1.82, 2.24) is 4.40 Å². The summed E-state index contributed by atoms with van der Waals surface area (Å²) >= 11 is 0. The van der Waals surface area contributed by atoms with Crippen LogP contribution in [-0.2, 0) is 0 Å². The third-order valence-corrected chi connectivity index (χ3v) is 6.11. The van der Waals surface area contributed by atoms with Crippen LogP contribution in [0.5, 0.6) is 0 Å². The summed E-state index contributed by atoms with van der Waals surface area (Å²) < 4.78 is 2.42. The lowest BCUT2D eigenvalue weighted by atomic mass is 9.95. The summed E-state index contributed by atoms with van der Waals surface area (Å²) in [4.78, 5) is 0. The Morgan fingerprint density at radius 2 is 1.28 bits per heavy atom. The van der Waals surface area contributed by atoms with E-state index in [4.69, 9.17) is 0 Å². The van der Waals surface area contributed by atoms with E-state index in [2.05, 4.69) is 93.9 Å². The number of nitrogens with one attached hydrogen (secondary N) is 2. The molecule has 0 saturated heterocycles. The second-order valence-corrected chi connectivity index (χ2v) is 7.49. The van der Waals surface area contributed by atoms with Crippen LogP contribution in [0.15, 0.2) is 78.9 Å². The van der Waals surface area contributed by atoms with Gasteiger partial charge >= 0.3 is 0 Å². The van der Waals surface area contributed by atoms with Gasteiger partial charge in [-0.1, -0.05) is 54.6 Å². The van der Waals surface area contributed by atoms with Crippen molar-refractivity contribution in [2.24, 2.45) is 0 Å². The first-order chi connectivity index (χ1) is 14.3. The highest BCUT2D eigenvalue weighted by Gasteiger charge is 2.22. The first-order valence-electron chi connectivity index (χ1n) is 9.98. The summed E-state index contributed by atoms with van der Waals surface area (Å²) in [5.74, 6) is 0. The van der Waals surface area contributed by atoms with Crippen LogP contribution in [-0.4, -0.2) is 18.5 Å². The molecule has 0 atom stereocenters. The molecule has 6 aromatic rings. The molecule has 0 radical (unpaired) electrons. The molecule has 0 aliphatic heterocycles. The van der Waals surface area contributed by atoms with Gasteiger partial charge in [0, 0.05) is 52.5 Å². The van der Waals surface area contributed by atoms with E-state index in [1.807, 2.05) is 14.1 Å². The number of hydrogen-bond donors (Lipinski definition) is 2. The summed E-state index contributed by atoms with van der Waals surface area (Å²) in [7, 11) is 4.01. The summed E-state index contributed by atoms with van der Waals surface area (Å²) in [6.45, 7) is 0. The van der Waals surface area contributed by atoms with Crippen LogP contribution in [0.1, 0.15) is 0 Å². The van der Waals surface area contributed by atoms with Gasteiger partial charge in [0.1, 0.15) is 0 Å². The summed E-state index contributed by atoms with van der Waals surface area (Å²) in [6, 6.07) is 28.3.